The molecule has 2 aromatic carbocycles. The van der Waals surface area contributed by atoms with Crippen LogP contribution in [0.1, 0.15) is 11.6 Å². The largest absolute Gasteiger partial charge is 0.496 e. The fraction of sp³-hybridized carbons (Fsp3) is 0.231. The van der Waals surface area contributed by atoms with Gasteiger partial charge in [-0.25, -0.2) is 0 Å². The number of benzene rings is 2. The number of methoxy groups -OCH3 is 1. The Morgan fingerprint density at radius 1 is 1.12 bits per heavy atom. The Hall–Kier alpha value is -1.58. The molecule has 3 heteroatoms. The lowest BCUT2D eigenvalue weighted by Gasteiger charge is -2.14. The predicted molar refractivity (Wildman–Crippen MR) is 66.5 cm³/mol. The summed E-state index contributed by atoms with van der Waals surface area (Å²) in [5.74, 6) is 0.864. The maximum atomic E-state index is 5.99. The SMILES string of the molecule is COc1ccc(C(N)CN)c2ccccc12. The third kappa shape index (κ3) is 1.75. The lowest BCUT2D eigenvalue weighted by atomic mass is 9.98. The van der Waals surface area contributed by atoms with Gasteiger partial charge in [-0.05, 0) is 17.0 Å². The van der Waals surface area contributed by atoms with Gasteiger partial charge < -0.3 is 16.2 Å². The van der Waals surface area contributed by atoms with E-state index in [1.54, 1.807) is 7.11 Å². The van der Waals surface area contributed by atoms with Crippen LogP contribution in [0, 0.1) is 0 Å². The maximum absolute atomic E-state index is 5.99. The summed E-state index contributed by atoms with van der Waals surface area (Å²) in [6.45, 7) is 0.441. The molecule has 0 bridgehead atoms. The monoisotopic (exact) mass is 216 g/mol. The van der Waals surface area contributed by atoms with Crippen LogP contribution in [0.3, 0.4) is 0 Å². The summed E-state index contributed by atoms with van der Waals surface area (Å²) in [7, 11) is 1.67. The first-order chi connectivity index (χ1) is 7.77. The second-order valence-corrected chi connectivity index (χ2v) is 3.74. The molecule has 0 radical (unpaired) electrons. The van der Waals surface area contributed by atoms with Gasteiger partial charge in [0.1, 0.15) is 5.75 Å². The molecular weight excluding hydrogens is 200 g/mol. The number of fused-ring (bicyclic) bond motifs is 1. The van der Waals surface area contributed by atoms with E-state index in [0.717, 1.165) is 22.1 Å². The van der Waals surface area contributed by atoms with E-state index in [9.17, 15) is 0 Å². The normalized spacial score (nSPS) is 12.7. The van der Waals surface area contributed by atoms with Crippen LogP contribution in [0.5, 0.6) is 5.75 Å². The van der Waals surface area contributed by atoms with E-state index in [1.807, 2.05) is 36.4 Å². The summed E-state index contributed by atoms with van der Waals surface area (Å²) in [6, 6.07) is 11.8. The zero-order valence-corrected chi connectivity index (χ0v) is 9.31. The Morgan fingerprint density at radius 3 is 2.44 bits per heavy atom. The van der Waals surface area contributed by atoms with Gasteiger partial charge >= 0.3 is 0 Å². The van der Waals surface area contributed by atoms with Gasteiger partial charge in [-0.15, -0.1) is 0 Å². The minimum atomic E-state index is -0.129. The molecule has 0 saturated heterocycles. The van der Waals surface area contributed by atoms with Crippen molar-refractivity contribution < 1.29 is 4.74 Å². The standard InChI is InChI=1S/C13H16N2O/c1-16-13-7-6-10(12(15)8-14)9-4-2-3-5-11(9)13/h2-7,12H,8,14-15H2,1H3. The fourth-order valence-electron chi connectivity index (χ4n) is 1.92. The number of nitrogens with two attached hydrogens (primary N) is 2. The molecule has 0 aliphatic heterocycles. The Morgan fingerprint density at radius 2 is 1.81 bits per heavy atom. The van der Waals surface area contributed by atoms with Crippen LogP contribution in [0.2, 0.25) is 0 Å². The molecule has 0 amide bonds. The van der Waals surface area contributed by atoms with Gasteiger partial charge in [-0.3, -0.25) is 0 Å². The summed E-state index contributed by atoms with van der Waals surface area (Å²) >= 11 is 0. The molecule has 0 aliphatic rings. The van der Waals surface area contributed by atoms with Crippen molar-refractivity contribution in [2.45, 2.75) is 6.04 Å². The van der Waals surface area contributed by atoms with Crippen molar-refractivity contribution in [1.29, 1.82) is 0 Å². The minimum absolute atomic E-state index is 0.129. The third-order valence-electron chi connectivity index (χ3n) is 2.79. The van der Waals surface area contributed by atoms with E-state index < -0.39 is 0 Å². The Labute approximate surface area is 95.0 Å². The zero-order chi connectivity index (χ0) is 11.5. The van der Waals surface area contributed by atoms with Crippen molar-refractivity contribution in [2.75, 3.05) is 13.7 Å². The number of hydrogen-bond acceptors (Lipinski definition) is 3. The van der Waals surface area contributed by atoms with Crippen LogP contribution in [-0.4, -0.2) is 13.7 Å². The number of ether oxygens (including phenoxy) is 1. The molecule has 3 nitrogen and oxygen atoms in total. The van der Waals surface area contributed by atoms with E-state index in [4.69, 9.17) is 16.2 Å². The fourth-order valence-corrected chi connectivity index (χ4v) is 1.92. The molecule has 0 spiro atoms. The first-order valence-corrected chi connectivity index (χ1v) is 5.29. The van der Waals surface area contributed by atoms with Gasteiger partial charge in [0.25, 0.3) is 0 Å². The van der Waals surface area contributed by atoms with E-state index in [0.29, 0.717) is 6.54 Å². The molecule has 2 aromatic rings. The van der Waals surface area contributed by atoms with E-state index in [2.05, 4.69) is 0 Å². The summed E-state index contributed by atoms with van der Waals surface area (Å²) in [6.07, 6.45) is 0. The van der Waals surface area contributed by atoms with Crippen molar-refractivity contribution in [3.63, 3.8) is 0 Å². The second-order valence-electron chi connectivity index (χ2n) is 3.74. The Kier molecular flexibility index (Phi) is 3.08. The molecule has 1 unspecified atom stereocenters. The summed E-state index contributed by atoms with van der Waals surface area (Å²) in [5.41, 5.74) is 12.7. The first-order valence-electron chi connectivity index (χ1n) is 5.29. The average molecular weight is 216 g/mol. The van der Waals surface area contributed by atoms with Crippen molar-refractivity contribution in [2.24, 2.45) is 11.5 Å². The van der Waals surface area contributed by atoms with E-state index >= 15 is 0 Å². The van der Waals surface area contributed by atoms with Gasteiger partial charge in [0, 0.05) is 18.0 Å². The zero-order valence-electron chi connectivity index (χ0n) is 9.31. The lowest BCUT2D eigenvalue weighted by Crippen LogP contribution is -2.20. The Bertz CT molecular complexity index is 496. The summed E-state index contributed by atoms with van der Waals surface area (Å²) in [5, 5.41) is 2.19. The quantitative estimate of drug-likeness (QED) is 0.822. The number of rotatable bonds is 3. The van der Waals surface area contributed by atoms with E-state index in [-0.39, 0.29) is 6.04 Å². The number of hydrogen-bond donors (Lipinski definition) is 2. The molecule has 0 aromatic heterocycles. The molecule has 16 heavy (non-hydrogen) atoms. The second kappa shape index (κ2) is 4.51. The highest BCUT2D eigenvalue weighted by molar-refractivity contribution is 5.91. The van der Waals surface area contributed by atoms with Crippen LogP contribution < -0.4 is 16.2 Å². The van der Waals surface area contributed by atoms with Crippen LogP contribution in [0.25, 0.3) is 10.8 Å². The molecule has 0 heterocycles. The predicted octanol–water partition coefficient (Wildman–Crippen LogP) is 1.81. The van der Waals surface area contributed by atoms with Crippen molar-refractivity contribution >= 4 is 10.8 Å². The molecule has 84 valence electrons. The van der Waals surface area contributed by atoms with Gasteiger partial charge in [0.2, 0.25) is 0 Å². The van der Waals surface area contributed by atoms with Crippen molar-refractivity contribution in [3.8, 4) is 5.75 Å². The molecule has 1 atom stereocenters. The van der Waals surface area contributed by atoms with Crippen LogP contribution >= 0.6 is 0 Å². The molecule has 0 fully saturated rings. The Balaban J connectivity index is 2.69. The van der Waals surface area contributed by atoms with Crippen LogP contribution in [-0.2, 0) is 0 Å². The van der Waals surface area contributed by atoms with Crippen molar-refractivity contribution in [3.05, 3.63) is 42.0 Å². The highest BCUT2D eigenvalue weighted by Gasteiger charge is 2.10. The van der Waals surface area contributed by atoms with Gasteiger partial charge in [-0.1, -0.05) is 30.3 Å². The topological polar surface area (TPSA) is 61.3 Å². The first kappa shape index (κ1) is 10.9. The summed E-state index contributed by atoms with van der Waals surface area (Å²) in [4.78, 5) is 0. The van der Waals surface area contributed by atoms with Crippen LogP contribution in [0.15, 0.2) is 36.4 Å². The van der Waals surface area contributed by atoms with Crippen molar-refractivity contribution in [1.82, 2.24) is 0 Å². The highest BCUT2D eigenvalue weighted by Crippen LogP contribution is 2.30. The smallest absolute Gasteiger partial charge is 0.126 e. The lowest BCUT2D eigenvalue weighted by molar-refractivity contribution is 0.419. The van der Waals surface area contributed by atoms with E-state index in [1.165, 1.54) is 0 Å². The summed E-state index contributed by atoms with van der Waals surface area (Å²) < 4.78 is 5.32. The molecule has 2 rings (SSSR count). The maximum Gasteiger partial charge on any atom is 0.126 e. The van der Waals surface area contributed by atoms with Gasteiger partial charge in [0.15, 0.2) is 0 Å². The molecule has 0 saturated carbocycles. The molecule has 0 aliphatic carbocycles. The van der Waals surface area contributed by atoms with Gasteiger partial charge in [-0.2, -0.15) is 0 Å². The highest BCUT2D eigenvalue weighted by atomic mass is 16.5. The minimum Gasteiger partial charge on any atom is -0.496 e. The van der Waals surface area contributed by atoms with Crippen LogP contribution in [0.4, 0.5) is 0 Å². The average Bonchev–Trinajstić information content (AvgIpc) is 2.36. The van der Waals surface area contributed by atoms with Gasteiger partial charge in [0.05, 0.1) is 7.11 Å². The third-order valence-corrected chi connectivity index (χ3v) is 2.79. The molecular formula is C13H16N2O. The molecule has 4 N–H and O–H groups in total.